The fraction of sp³-hybridized carbons (Fsp3) is 0.583. The highest BCUT2D eigenvalue weighted by molar-refractivity contribution is 5.90. The molecule has 1 aliphatic rings. The van der Waals surface area contributed by atoms with E-state index in [4.69, 9.17) is 4.52 Å². The van der Waals surface area contributed by atoms with Crippen LogP contribution in [0.5, 0.6) is 0 Å². The Bertz CT molecular complexity index is 423. The van der Waals surface area contributed by atoms with Crippen molar-refractivity contribution in [2.24, 2.45) is 0 Å². The third-order valence-corrected chi connectivity index (χ3v) is 2.90. The highest BCUT2D eigenvalue weighted by Gasteiger charge is 2.24. The van der Waals surface area contributed by atoms with Gasteiger partial charge in [0.2, 0.25) is 5.89 Å². The number of carbonyl (C=O) groups is 1. The first-order chi connectivity index (χ1) is 8.70. The van der Waals surface area contributed by atoms with Gasteiger partial charge >= 0.3 is 0 Å². The van der Waals surface area contributed by atoms with E-state index in [-0.39, 0.29) is 23.8 Å². The van der Waals surface area contributed by atoms with Gasteiger partial charge in [0, 0.05) is 6.04 Å². The minimum atomic E-state index is -0.308. The zero-order chi connectivity index (χ0) is 13.0. The number of amides is 1. The number of rotatable bonds is 5. The largest absolute Gasteiger partial charge is 0.346 e. The van der Waals surface area contributed by atoms with E-state index in [1.165, 1.54) is 0 Å². The predicted molar refractivity (Wildman–Crippen MR) is 66.0 cm³/mol. The van der Waals surface area contributed by atoms with E-state index in [2.05, 4.69) is 27.4 Å². The number of nitrogens with one attached hydrogen (secondary N) is 2. The summed E-state index contributed by atoms with van der Waals surface area (Å²) >= 11 is 0. The van der Waals surface area contributed by atoms with Crippen LogP contribution in [0.2, 0.25) is 0 Å². The van der Waals surface area contributed by atoms with Crippen LogP contribution in [0, 0.1) is 0 Å². The molecule has 1 fully saturated rings. The minimum Gasteiger partial charge on any atom is -0.346 e. The topological polar surface area (TPSA) is 80.0 Å². The van der Waals surface area contributed by atoms with Gasteiger partial charge in [-0.3, -0.25) is 4.79 Å². The molecule has 6 heteroatoms. The van der Waals surface area contributed by atoms with Gasteiger partial charge in [-0.2, -0.15) is 4.98 Å². The first-order valence-electron chi connectivity index (χ1n) is 6.19. The molecule has 2 N–H and O–H groups in total. The molecule has 0 spiro atoms. The first kappa shape index (κ1) is 12.8. The third kappa shape index (κ3) is 2.95. The van der Waals surface area contributed by atoms with Crippen LogP contribution in [0.3, 0.4) is 0 Å². The van der Waals surface area contributed by atoms with Crippen LogP contribution >= 0.6 is 0 Å². The average molecular weight is 250 g/mol. The maximum atomic E-state index is 11.8. The highest BCUT2D eigenvalue weighted by Crippen LogP contribution is 2.20. The number of hydrogen-bond acceptors (Lipinski definition) is 5. The second kappa shape index (κ2) is 5.77. The molecule has 2 unspecified atom stereocenters. The number of carbonyl (C=O) groups excluding carboxylic acids is 1. The van der Waals surface area contributed by atoms with Gasteiger partial charge in [0.15, 0.2) is 0 Å². The molecule has 6 nitrogen and oxygen atoms in total. The van der Waals surface area contributed by atoms with Crippen LogP contribution in [-0.2, 0) is 0 Å². The van der Waals surface area contributed by atoms with Crippen LogP contribution in [0.15, 0.2) is 17.2 Å². The molecule has 1 amide bonds. The van der Waals surface area contributed by atoms with Crippen LogP contribution in [0.4, 0.5) is 0 Å². The SMILES string of the molecule is C=CCC(C)NC(=O)c1noc(C2CCCN2)n1. The third-order valence-electron chi connectivity index (χ3n) is 2.90. The van der Waals surface area contributed by atoms with Gasteiger partial charge in [0.1, 0.15) is 0 Å². The molecule has 0 saturated carbocycles. The molecule has 1 aromatic heterocycles. The molecule has 2 rings (SSSR count). The van der Waals surface area contributed by atoms with E-state index >= 15 is 0 Å². The summed E-state index contributed by atoms with van der Waals surface area (Å²) in [5.74, 6) is 0.279. The summed E-state index contributed by atoms with van der Waals surface area (Å²) in [6.07, 6.45) is 4.52. The lowest BCUT2D eigenvalue weighted by molar-refractivity contribution is 0.0927. The highest BCUT2D eigenvalue weighted by atomic mass is 16.5. The Morgan fingerprint density at radius 2 is 2.61 bits per heavy atom. The zero-order valence-corrected chi connectivity index (χ0v) is 10.5. The molecular weight excluding hydrogens is 232 g/mol. The zero-order valence-electron chi connectivity index (χ0n) is 10.5. The quantitative estimate of drug-likeness (QED) is 0.767. The van der Waals surface area contributed by atoms with Crippen molar-refractivity contribution in [3.63, 3.8) is 0 Å². The lowest BCUT2D eigenvalue weighted by atomic mass is 10.2. The molecule has 0 radical (unpaired) electrons. The molecule has 1 saturated heterocycles. The van der Waals surface area contributed by atoms with Gasteiger partial charge in [-0.15, -0.1) is 6.58 Å². The Labute approximate surface area is 106 Å². The molecule has 0 aromatic carbocycles. The molecule has 0 aliphatic carbocycles. The molecule has 1 aromatic rings. The summed E-state index contributed by atoms with van der Waals surface area (Å²) < 4.78 is 5.11. The van der Waals surface area contributed by atoms with Crippen molar-refractivity contribution in [1.29, 1.82) is 0 Å². The summed E-state index contributed by atoms with van der Waals surface area (Å²) in [5, 5.41) is 9.74. The Balaban J connectivity index is 1.96. The lowest BCUT2D eigenvalue weighted by Gasteiger charge is -2.08. The van der Waals surface area contributed by atoms with Crippen molar-refractivity contribution in [3.8, 4) is 0 Å². The second-order valence-electron chi connectivity index (χ2n) is 4.50. The minimum absolute atomic E-state index is 0.0153. The number of hydrogen-bond donors (Lipinski definition) is 2. The maximum absolute atomic E-state index is 11.8. The normalized spacial score (nSPS) is 20.6. The summed E-state index contributed by atoms with van der Waals surface area (Å²) in [6, 6.07) is 0.103. The molecule has 18 heavy (non-hydrogen) atoms. The fourth-order valence-electron chi connectivity index (χ4n) is 1.96. The van der Waals surface area contributed by atoms with E-state index in [0.29, 0.717) is 12.3 Å². The number of aromatic nitrogens is 2. The van der Waals surface area contributed by atoms with Crippen LogP contribution < -0.4 is 10.6 Å². The van der Waals surface area contributed by atoms with E-state index in [0.717, 1.165) is 19.4 Å². The Morgan fingerprint density at radius 3 is 3.28 bits per heavy atom. The average Bonchev–Trinajstić information content (AvgIpc) is 3.00. The molecule has 0 bridgehead atoms. The van der Waals surface area contributed by atoms with E-state index in [9.17, 15) is 4.79 Å². The lowest BCUT2D eigenvalue weighted by Crippen LogP contribution is -2.32. The van der Waals surface area contributed by atoms with Crippen molar-refractivity contribution >= 4 is 5.91 Å². The van der Waals surface area contributed by atoms with Gasteiger partial charge in [-0.05, 0) is 32.7 Å². The van der Waals surface area contributed by atoms with Crippen molar-refractivity contribution in [1.82, 2.24) is 20.8 Å². The van der Waals surface area contributed by atoms with Crippen molar-refractivity contribution < 1.29 is 9.32 Å². The monoisotopic (exact) mass is 250 g/mol. The summed E-state index contributed by atoms with van der Waals surface area (Å²) in [4.78, 5) is 15.9. The number of nitrogens with zero attached hydrogens (tertiary/aromatic N) is 2. The van der Waals surface area contributed by atoms with Crippen molar-refractivity contribution in [2.45, 2.75) is 38.3 Å². The Kier molecular flexibility index (Phi) is 4.09. The van der Waals surface area contributed by atoms with E-state index < -0.39 is 0 Å². The van der Waals surface area contributed by atoms with Crippen LogP contribution in [0.1, 0.15) is 48.7 Å². The van der Waals surface area contributed by atoms with Crippen LogP contribution in [0.25, 0.3) is 0 Å². The van der Waals surface area contributed by atoms with Crippen molar-refractivity contribution in [2.75, 3.05) is 6.54 Å². The maximum Gasteiger partial charge on any atom is 0.292 e. The van der Waals surface area contributed by atoms with Gasteiger partial charge in [-0.1, -0.05) is 11.2 Å². The molecular formula is C12H18N4O2. The molecule has 2 heterocycles. The Morgan fingerprint density at radius 1 is 1.78 bits per heavy atom. The standard InChI is InChI=1S/C12H18N4O2/c1-3-5-8(2)14-11(17)10-15-12(18-16-10)9-6-4-7-13-9/h3,8-9,13H,1,4-7H2,2H3,(H,14,17). The molecule has 98 valence electrons. The summed E-state index contributed by atoms with van der Waals surface area (Å²) in [6.45, 7) is 6.48. The Hall–Kier alpha value is -1.69. The fourth-order valence-corrected chi connectivity index (χ4v) is 1.96. The second-order valence-corrected chi connectivity index (χ2v) is 4.50. The van der Waals surface area contributed by atoms with Gasteiger partial charge in [0.25, 0.3) is 11.7 Å². The van der Waals surface area contributed by atoms with E-state index in [1.54, 1.807) is 6.08 Å². The van der Waals surface area contributed by atoms with Gasteiger partial charge in [0.05, 0.1) is 6.04 Å². The van der Waals surface area contributed by atoms with Gasteiger partial charge < -0.3 is 15.2 Å². The summed E-state index contributed by atoms with van der Waals surface area (Å²) in [5.41, 5.74) is 0. The summed E-state index contributed by atoms with van der Waals surface area (Å²) in [7, 11) is 0. The smallest absolute Gasteiger partial charge is 0.292 e. The first-order valence-corrected chi connectivity index (χ1v) is 6.19. The van der Waals surface area contributed by atoms with Crippen molar-refractivity contribution in [3.05, 3.63) is 24.4 Å². The van der Waals surface area contributed by atoms with Crippen LogP contribution in [-0.4, -0.2) is 28.6 Å². The van der Waals surface area contributed by atoms with Gasteiger partial charge in [-0.25, -0.2) is 0 Å². The molecule has 1 aliphatic heterocycles. The van der Waals surface area contributed by atoms with E-state index in [1.807, 2.05) is 6.92 Å². The molecule has 2 atom stereocenters. The predicted octanol–water partition coefficient (Wildman–Crippen LogP) is 1.19.